The summed E-state index contributed by atoms with van der Waals surface area (Å²) in [5.41, 5.74) is 0.237. The van der Waals surface area contributed by atoms with Crippen molar-refractivity contribution < 1.29 is 13.2 Å². The third-order valence-electron chi connectivity index (χ3n) is 2.55. The molecule has 4 nitrogen and oxygen atoms in total. The van der Waals surface area contributed by atoms with Gasteiger partial charge in [-0.15, -0.1) is 5.10 Å². The quantitative estimate of drug-likeness (QED) is 0.669. The third kappa shape index (κ3) is 2.93. The first-order valence-electron chi connectivity index (χ1n) is 5.88. The van der Waals surface area contributed by atoms with Gasteiger partial charge in [0.25, 0.3) is 0 Å². The molecule has 0 radical (unpaired) electrons. The Hall–Kier alpha value is -1.89. The van der Waals surface area contributed by atoms with Crippen molar-refractivity contribution in [3.63, 3.8) is 0 Å². The van der Waals surface area contributed by atoms with Crippen LogP contribution in [0.4, 0.5) is 13.2 Å². The van der Waals surface area contributed by atoms with Gasteiger partial charge in [0, 0.05) is 18.7 Å². The smallest absolute Gasteiger partial charge is 0.184 e. The fourth-order valence-electron chi connectivity index (χ4n) is 1.67. The number of benzene rings is 1. The van der Waals surface area contributed by atoms with Crippen molar-refractivity contribution in [3.05, 3.63) is 41.5 Å². The molecule has 1 heterocycles. The Balaban J connectivity index is 2.34. The van der Waals surface area contributed by atoms with Crippen molar-refractivity contribution in [2.45, 2.75) is 19.9 Å². The molecule has 1 aromatic heterocycles. The molecule has 0 saturated heterocycles. The molecule has 0 spiro atoms. The minimum absolute atomic E-state index is 0.289. The first-order chi connectivity index (χ1) is 9.13. The zero-order valence-corrected chi connectivity index (χ0v) is 10.3. The highest BCUT2D eigenvalue weighted by Gasteiger charge is 2.16. The van der Waals surface area contributed by atoms with E-state index < -0.39 is 17.5 Å². The second kappa shape index (κ2) is 5.83. The number of hydrogen-bond donors (Lipinski definition) is 1. The Labute approximate surface area is 108 Å². The highest BCUT2D eigenvalue weighted by atomic mass is 19.2. The van der Waals surface area contributed by atoms with E-state index in [-0.39, 0.29) is 5.69 Å². The van der Waals surface area contributed by atoms with Crippen LogP contribution in [0.5, 0.6) is 0 Å². The van der Waals surface area contributed by atoms with Crippen LogP contribution >= 0.6 is 0 Å². The lowest BCUT2D eigenvalue weighted by atomic mass is 10.2. The number of nitrogens with zero attached hydrogens (tertiary/aromatic N) is 3. The Kier molecular flexibility index (Phi) is 4.16. The van der Waals surface area contributed by atoms with Crippen LogP contribution in [-0.2, 0) is 6.54 Å². The predicted molar refractivity (Wildman–Crippen MR) is 63.2 cm³/mol. The number of halogens is 3. The van der Waals surface area contributed by atoms with E-state index >= 15 is 0 Å². The zero-order valence-electron chi connectivity index (χ0n) is 10.3. The van der Waals surface area contributed by atoms with E-state index in [1.807, 2.05) is 6.92 Å². The van der Waals surface area contributed by atoms with Crippen LogP contribution < -0.4 is 5.32 Å². The maximum atomic E-state index is 13.7. The van der Waals surface area contributed by atoms with Gasteiger partial charge >= 0.3 is 0 Å². The highest BCUT2D eigenvalue weighted by Crippen LogP contribution is 2.18. The van der Waals surface area contributed by atoms with Crippen LogP contribution in [0.1, 0.15) is 19.0 Å². The van der Waals surface area contributed by atoms with E-state index in [1.165, 1.54) is 6.20 Å². The summed E-state index contributed by atoms with van der Waals surface area (Å²) in [5.74, 6) is -3.27. The largest absolute Gasteiger partial charge is 0.311 e. The summed E-state index contributed by atoms with van der Waals surface area (Å²) >= 11 is 0. The molecule has 0 amide bonds. The minimum Gasteiger partial charge on any atom is -0.311 e. The molecule has 0 aliphatic rings. The van der Waals surface area contributed by atoms with Gasteiger partial charge in [-0.3, -0.25) is 0 Å². The fourth-order valence-corrected chi connectivity index (χ4v) is 1.67. The predicted octanol–water partition coefficient (Wildman–Crippen LogP) is 2.18. The minimum atomic E-state index is -1.25. The summed E-state index contributed by atoms with van der Waals surface area (Å²) in [4.78, 5) is 0. The molecule has 0 bridgehead atoms. The summed E-state index contributed by atoms with van der Waals surface area (Å²) in [6.45, 7) is 3.16. The lowest BCUT2D eigenvalue weighted by Crippen LogP contribution is -2.17. The lowest BCUT2D eigenvalue weighted by molar-refractivity contribution is 0.484. The summed E-state index contributed by atoms with van der Waals surface area (Å²) in [6.07, 6.45) is 2.36. The maximum Gasteiger partial charge on any atom is 0.184 e. The molecule has 0 unspecified atom stereocenters. The highest BCUT2D eigenvalue weighted by molar-refractivity contribution is 5.35. The summed E-state index contributed by atoms with van der Waals surface area (Å²) < 4.78 is 41.1. The van der Waals surface area contributed by atoms with E-state index in [0.29, 0.717) is 18.3 Å². The average Bonchev–Trinajstić information content (AvgIpc) is 2.82. The molecule has 0 aliphatic carbocycles. The topological polar surface area (TPSA) is 42.7 Å². The van der Waals surface area contributed by atoms with Gasteiger partial charge in [0.15, 0.2) is 11.6 Å². The standard InChI is InChI=1S/C12H13F3N4/c1-2-3-16-6-9-7-17-18-19(9)11-5-8(13)4-10(14)12(11)15/h4-5,7,16H,2-3,6H2,1H3. The molecule has 0 atom stereocenters. The zero-order chi connectivity index (χ0) is 13.8. The van der Waals surface area contributed by atoms with Gasteiger partial charge in [0.2, 0.25) is 0 Å². The van der Waals surface area contributed by atoms with Crippen molar-refractivity contribution >= 4 is 0 Å². The molecular formula is C12H13F3N4. The first kappa shape index (κ1) is 13.5. The molecule has 2 rings (SSSR count). The van der Waals surface area contributed by atoms with Gasteiger partial charge in [-0.05, 0) is 13.0 Å². The fraction of sp³-hybridized carbons (Fsp3) is 0.333. The Morgan fingerprint density at radius 3 is 2.79 bits per heavy atom. The van der Waals surface area contributed by atoms with Crippen LogP contribution in [0.25, 0.3) is 5.69 Å². The molecule has 7 heteroatoms. The molecule has 2 aromatic rings. The number of hydrogen-bond acceptors (Lipinski definition) is 3. The second-order valence-corrected chi connectivity index (χ2v) is 4.03. The molecular weight excluding hydrogens is 257 g/mol. The Bertz CT molecular complexity index is 568. The maximum absolute atomic E-state index is 13.7. The van der Waals surface area contributed by atoms with Crippen molar-refractivity contribution in [1.29, 1.82) is 0 Å². The van der Waals surface area contributed by atoms with Crippen molar-refractivity contribution in [3.8, 4) is 5.69 Å². The van der Waals surface area contributed by atoms with Gasteiger partial charge in [0.1, 0.15) is 11.5 Å². The Morgan fingerprint density at radius 1 is 1.26 bits per heavy atom. The van der Waals surface area contributed by atoms with Gasteiger partial charge in [0.05, 0.1) is 11.9 Å². The number of nitrogens with one attached hydrogen (secondary N) is 1. The summed E-state index contributed by atoms with van der Waals surface area (Å²) in [7, 11) is 0. The molecule has 0 saturated carbocycles. The summed E-state index contributed by atoms with van der Waals surface area (Å²) in [6, 6.07) is 1.38. The third-order valence-corrected chi connectivity index (χ3v) is 2.55. The van der Waals surface area contributed by atoms with E-state index in [0.717, 1.165) is 23.7 Å². The van der Waals surface area contributed by atoms with Crippen molar-refractivity contribution in [1.82, 2.24) is 20.3 Å². The molecule has 19 heavy (non-hydrogen) atoms. The molecule has 0 aliphatic heterocycles. The van der Waals surface area contributed by atoms with Crippen LogP contribution in [0, 0.1) is 17.5 Å². The number of aromatic nitrogens is 3. The monoisotopic (exact) mass is 270 g/mol. The molecule has 102 valence electrons. The number of rotatable bonds is 5. The van der Waals surface area contributed by atoms with Gasteiger partial charge in [-0.25, -0.2) is 17.9 Å². The SMILES string of the molecule is CCCNCc1cnnn1-c1cc(F)cc(F)c1F. The molecule has 0 fully saturated rings. The van der Waals surface area contributed by atoms with Crippen LogP contribution in [0.15, 0.2) is 18.3 Å². The molecule has 1 aromatic carbocycles. The summed E-state index contributed by atoms with van der Waals surface area (Å²) in [5, 5.41) is 10.4. The van der Waals surface area contributed by atoms with Gasteiger partial charge < -0.3 is 5.32 Å². The van der Waals surface area contributed by atoms with Gasteiger partial charge in [-0.2, -0.15) is 0 Å². The molecule has 1 N–H and O–H groups in total. The lowest BCUT2D eigenvalue weighted by Gasteiger charge is -2.08. The van der Waals surface area contributed by atoms with Crippen LogP contribution in [0.3, 0.4) is 0 Å². The van der Waals surface area contributed by atoms with Crippen LogP contribution in [0.2, 0.25) is 0 Å². The van der Waals surface area contributed by atoms with Crippen LogP contribution in [-0.4, -0.2) is 21.5 Å². The van der Waals surface area contributed by atoms with Gasteiger partial charge in [-0.1, -0.05) is 12.1 Å². The normalized spacial score (nSPS) is 10.9. The Morgan fingerprint density at radius 2 is 2.05 bits per heavy atom. The van der Waals surface area contributed by atoms with Crippen molar-refractivity contribution in [2.75, 3.05) is 6.54 Å². The van der Waals surface area contributed by atoms with Crippen molar-refractivity contribution in [2.24, 2.45) is 0 Å². The first-order valence-corrected chi connectivity index (χ1v) is 5.88. The van der Waals surface area contributed by atoms with E-state index in [2.05, 4.69) is 15.6 Å². The average molecular weight is 270 g/mol. The second-order valence-electron chi connectivity index (χ2n) is 4.03. The van der Waals surface area contributed by atoms with E-state index in [4.69, 9.17) is 0 Å². The van der Waals surface area contributed by atoms with E-state index in [9.17, 15) is 13.2 Å². The van der Waals surface area contributed by atoms with E-state index in [1.54, 1.807) is 0 Å².